The molecular formula is C38H44N4O5. The van der Waals surface area contributed by atoms with E-state index in [1.807, 2.05) is 24.3 Å². The standard InChI is InChI=1S/C38H44N4O5/c1-38(2,3)18-15-32-36(44)40-31(37(45)41(32)4)21-26-7-11-27(12-8-26)35(43)39-30-13-9-25(10-14-30)16-19-42-20-17-28-22-33(46-5)34(47-6)23-29(28)24-42/h7-15,21-23H,16-20,24H2,1-6H3,(H,39,43)(H,40,44)/b31-21-,32-15-. The normalized spacial score (nSPS) is 14.2. The number of H-pyrrole nitrogens is 1. The highest BCUT2D eigenvalue weighted by atomic mass is 16.5. The van der Waals surface area contributed by atoms with Crippen molar-refractivity contribution in [3.05, 3.63) is 120 Å². The van der Waals surface area contributed by atoms with E-state index in [2.05, 4.69) is 48.1 Å². The molecule has 2 heterocycles. The summed E-state index contributed by atoms with van der Waals surface area (Å²) < 4.78 is 12.3. The molecule has 0 saturated heterocycles. The van der Waals surface area contributed by atoms with E-state index in [0.29, 0.717) is 28.6 Å². The van der Waals surface area contributed by atoms with Crippen LogP contribution in [0.3, 0.4) is 0 Å². The van der Waals surface area contributed by atoms with Crippen LogP contribution in [0.1, 0.15) is 59.8 Å². The topological polar surface area (TPSA) is 106 Å². The van der Waals surface area contributed by atoms with Crippen molar-refractivity contribution in [3.8, 4) is 11.5 Å². The lowest BCUT2D eigenvalue weighted by molar-refractivity contribution is 0.102. The number of hydrogen-bond donors (Lipinski definition) is 2. The van der Waals surface area contributed by atoms with E-state index in [-0.39, 0.29) is 27.8 Å². The van der Waals surface area contributed by atoms with Crippen LogP contribution in [-0.2, 0) is 26.4 Å². The number of carbonyl (C=O) groups is 1. The first kappa shape index (κ1) is 33.5. The molecule has 0 aliphatic carbocycles. The molecule has 1 aliphatic rings. The molecule has 47 heavy (non-hydrogen) atoms. The van der Waals surface area contributed by atoms with Gasteiger partial charge in [-0.15, -0.1) is 0 Å². The number of aromatic amines is 1. The highest BCUT2D eigenvalue weighted by Crippen LogP contribution is 2.33. The van der Waals surface area contributed by atoms with Gasteiger partial charge in [-0.3, -0.25) is 19.3 Å². The van der Waals surface area contributed by atoms with Gasteiger partial charge in [0.25, 0.3) is 17.0 Å². The largest absolute Gasteiger partial charge is 0.493 e. The molecule has 0 unspecified atom stereocenters. The van der Waals surface area contributed by atoms with Crippen LogP contribution in [0, 0.1) is 5.41 Å². The first-order chi connectivity index (χ1) is 22.4. The van der Waals surface area contributed by atoms with Gasteiger partial charge in [0.1, 0.15) is 10.7 Å². The number of methoxy groups -OCH3 is 2. The van der Waals surface area contributed by atoms with Crippen LogP contribution in [0.2, 0.25) is 0 Å². The van der Waals surface area contributed by atoms with Crippen LogP contribution in [0.15, 0.2) is 70.3 Å². The maximum absolute atomic E-state index is 13.0. The van der Waals surface area contributed by atoms with E-state index >= 15 is 0 Å². The average Bonchev–Trinajstić information content (AvgIpc) is 3.05. The lowest BCUT2D eigenvalue weighted by atomic mass is 9.92. The van der Waals surface area contributed by atoms with Crippen LogP contribution in [0.4, 0.5) is 5.69 Å². The number of rotatable bonds is 9. The van der Waals surface area contributed by atoms with Crippen molar-refractivity contribution in [1.82, 2.24) is 14.5 Å². The number of nitrogens with zero attached hydrogens (tertiary/aromatic N) is 2. The van der Waals surface area contributed by atoms with E-state index < -0.39 is 0 Å². The van der Waals surface area contributed by atoms with Crippen LogP contribution in [0.5, 0.6) is 11.5 Å². The molecular weight excluding hydrogens is 592 g/mol. The van der Waals surface area contributed by atoms with Gasteiger partial charge in [-0.25, -0.2) is 0 Å². The van der Waals surface area contributed by atoms with Gasteiger partial charge >= 0.3 is 0 Å². The second-order valence-electron chi connectivity index (χ2n) is 13.3. The van der Waals surface area contributed by atoms with Gasteiger partial charge in [0.2, 0.25) is 0 Å². The number of benzene rings is 3. The van der Waals surface area contributed by atoms with E-state index in [1.54, 1.807) is 57.7 Å². The molecule has 0 radical (unpaired) electrons. The summed E-state index contributed by atoms with van der Waals surface area (Å²) in [5, 5.41) is 3.49. The molecule has 0 saturated carbocycles. The van der Waals surface area contributed by atoms with E-state index in [1.165, 1.54) is 21.3 Å². The Morgan fingerprint density at radius 2 is 1.62 bits per heavy atom. The highest BCUT2D eigenvalue weighted by molar-refractivity contribution is 6.04. The van der Waals surface area contributed by atoms with E-state index in [9.17, 15) is 14.4 Å². The minimum Gasteiger partial charge on any atom is -0.493 e. The number of aromatic nitrogens is 2. The fourth-order valence-corrected chi connectivity index (χ4v) is 5.69. The van der Waals surface area contributed by atoms with Gasteiger partial charge in [-0.05, 0) is 89.4 Å². The van der Waals surface area contributed by atoms with Crippen LogP contribution in [0.25, 0.3) is 12.2 Å². The summed E-state index contributed by atoms with van der Waals surface area (Å²) in [6, 6.07) is 19.0. The Bertz CT molecular complexity index is 1990. The van der Waals surface area contributed by atoms with Crippen LogP contribution >= 0.6 is 0 Å². The minimum atomic E-state index is -0.315. The van der Waals surface area contributed by atoms with Gasteiger partial charge in [0.05, 0.1) is 14.2 Å². The molecule has 0 fully saturated rings. The fourth-order valence-electron chi connectivity index (χ4n) is 5.69. The minimum absolute atomic E-state index is 0.00148. The summed E-state index contributed by atoms with van der Waals surface area (Å²) in [5.41, 5.74) is 5.07. The zero-order chi connectivity index (χ0) is 33.7. The summed E-state index contributed by atoms with van der Waals surface area (Å²) in [4.78, 5) is 43.8. The van der Waals surface area contributed by atoms with Crippen molar-refractivity contribution in [2.24, 2.45) is 12.5 Å². The Kier molecular flexibility index (Phi) is 10.2. The summed E-state index contributed by atoms with van der Waals surface area (Å²) in [5.74, 6) is 1.31. The summed E-state index contributed by atoms with van der Waals surface area (Å²) in [6.45, 7) is 9.02. The molecule has 1 aliphatic heterocycles. The van der Waals surface area contributed by atoms with E-state index in [0.717, 1.165) is 44.0 Å². The molecule has 0 bridgehead atoms. The van der Waals surface area contributed by atoms with Crippen molar-refractivity contribution in [3.63, 3.8) is 0 Å². The predicted octanol–water partition coefficient (Wildman–Crippen LogP) is 3.99. The van der Waals surface area contributed by atoms with Crippen LogP contribution < -0.4 is 36.6 Å². The highest BCUT2D eigenvalue weighted by Gasteiger charge is 2.19. The third-order valence-electron chi connectivity index (χ3n) is 8.49. The maximum atomic E-state index is 13.0. The van der Waals surface area contributed by atoms with Gasteiger partial charge in [-0.1, -0.05) is 51.1 Å². The Balaban J connectivity index is 1.18. The van der Waals surface area contributed by atoms with Crippen molar-refractivity contribution in [2.45, 2.75) is 46.6 Å². The van der Waals surface area contributed by atoms with Crippen molar-refractivity contribution >= 4 is 23.7 Å². The summed E-state index contributed by atoms with van der Waals surface area (Å²) in [6.07, 6.45) is 5.97. The number of anilines is 1. The average molecular weight is 637 g/mol. The quantitative estimate of drug-likeness (QED) is 0.288. The molecule has 5 rings (SSSR count). The zero-order valence-corrected chi connectivity index (χ0v) is 28.1. The van der Waals surface area contributed by atoms with Crippen LogP contribution in [-0.4, -0.2) is 47.7 Å². The monoisotopic (exact) mass is 636 g/mol. The van der Waals surface area contributed by atoms with Gasteiger partial charge < -0.3 is 24.3 Å². The second kappa shape index (κ2) is 14.3. The smallest absolute Gasteiger partial charge is 0.274 e. The number of amides is 1. The fraction of sp³-hybridized carbons (Fsp3) is 0.342. The van der Waals surface area contributed by atoms with Gasteiger partial charge in [0.15, 0.2) is 11.5 Å². The Morgan fingerprint density at radius 3 is 2.26 bits per heavy atom. The number of fused-ring (bicyclic) bond motifs is 1. The molecule has 1 amide bonds. The van der Waals surface area contributed by atoms with Crippen molar-refractivity contribution in [1.29, 1.82) is 0 Å². The summed E-state index contributed by atoms with van der Waals surface area (Å²) in [7, 11) is 4.93. The lowest BCUT2D eigenvalue weighted by Crippen LogP contribution is -2.52. The molecule has 1 aromatic heterocycles. The molecule has 9 nitrogen and oxygen atoms in total. The number of hydrogen-bond acceptors (Lipinski definition) is 6. The third-order valence-corrected chi connectivity index (χ3v) is 8.49. The third kappa shape index (κ3) is 8.29. The lowest BCUT2D eigenvalue weighted by Gasteiger charge is -2.29. The van der Waals surface area contributed by atoms with Gasteiger partial charge in [0, 0.05) is 37.9 Å². The molecule has 4 aromatic rings. The molecule has 3 aromatic carbocycles. The first-order valence-electron chi connectivity index (χ1n) is 15.9. The molecule has 0 atom stereocenters. The SMILES string of the molecule is COc1cc2c(cc1OC)CN(CCc1ccc(NC(=O)c3ccc(/C=c4\[nH]c(=O)/c(=C/CC(C)(C)C)n(C)c4=O)cc3)cc1)CC2. The maximum Gasteiger partial charge on any atom is 0.274 e. The Hall–Kier alpha value is -4.89. The van der Waals surface area contributed by atoms with Crippen molar-refractivity contribution in [2.75, 3.05) is 32.6 Å². The second-order valence-corrected chi connectivity index (χ2v) is 13.3. The number of carbonyl (C=O) groups excluding carboxylic acids is 1. The number of ether oxygens (including phenoxy) is 2. The van der Waals surface area contributed by atoms with Crippen molar-refractivity contribution < 1.29 is 14.3 Å². The molecule has 0 spiro atoms. The zero-order valence-electron chi connectivity index (χ0n) is 28.1. The first-order valence-corrected chi connectivity index (χ1v) is 15.9. The van der Waals surface area contributed by atoms with E-state index in [4.69, 9.17) is 9.47 Å². The molecule has 246 valence electrons. The van der Waals surface area contributed by atoms with Gasteiger partial charge in [-0.2, -0.15) is 0 Å². The number of nitrogens with one attached hydrogen (secondary N) is 2. The Morgan fingerprint density at radius 1 is 0.957 bits per heavy atom. The molecule has 9 heteroatoms. The Labute approximate surface area is 275 Å². The summed E-state index contributed by atoms with van der Waals surface area (Å²) >= 11 is 0. The predicted molar refractivity (Wildman–Crippen MR) is 187 cm³/mol. The molecule has 2 N–H and O–H groups in total.